The highest BCUT2D eigenvalue weighted by atomic mass is 35.5. The monoisotopic (exact) mass is 330 g/mol. The zero-order valence-corrected chi connectivity index (χ0v) is 13.7. The van der Waals surface area contributed by atoms with Crippen molar-refractivity contribution in [2.75, 3.05) is 10.6 Å². The third kappa shape index (κ3) is 5.42. The van der Waals surface area contributed by atoms with E-state index in [0.717, 1.165) is 12.8 Å². The van der Waals surface area contributed by atoms with E-state index < -0.39 is 0 Å². The number of carbonyl (C=O) groups excluding carboxylic acids is 2. The second-order valence-electron chi connectivity index (χ2n) is 5.19. The number of hydrogen-bond acceptors (Lipinski definition) is 2. The van der Waals surface area contributed by atoms with Gasteiger partial charge in [-0.1, -0.05) is 31.0 Å². The summed E-state index contributed by atoms with van der Waals surface area (Å²) in [6, 6.07) is 13.8. The van der Waals surface area contributed by atoms with Gasteiger partial charge in [0.25, 0.3) is 5.91 Å². The Morgan fingerprint density at radius 1 is 1.00 bits per heavy atom. The minimum atomic E-state index is -0.229. The SMILES string of the molecule is CCCCC(=O)Nc1ccc(NC(=O)c2cccc(Cl)c2)cc1. The first kappa shape index (κ1) is 17.0. The molecular formula is C18H19ClN2O2. The van der Waals surface area contributed by atoms with Crippen molar-refractivity contribution in [3.63, 3.8) is 0 Å². The van der Waals surface area contributed by atoms with E-state index in [1.807, 2.05) is 6.92 Å². The van der Waals surface area contributed by atoms with Crippen LogP contribution in [0.3, 0.4) is 0 Å². The quantitative estimate of drug-likeness (QED) is 0.805. The van der Waals surface area contributed by atoms with Crippen molar-refractivity contribution >= 4 is 34.8 Å². The molecule has 120 valence electrons. The molecule has 2 N–H and O–H groups in total. The number of amides is 2. The summed E-state index contributed by atoms with van der Waals surface area (Å²) in [6.07, 6.45) is 2.38. The standard InChI is InChI=1S/C18H19ClN2O2/c1-2-3-7-17(22)20-15-8-10-16(11-9-15)21-18(23)13-5-4-6-14(19)12-13/h4-6,8-12H,2-3,7H2,1H3,(H,20,22)(H,21,23). The van der Waals surface area contributed by atoms with Gasteiger partial charge in [-0.25, -0.2) is 0 Å². The minimum absolute atomic E-state index is 0.00237. The number of hydrogen-bond donors (Lipinski definition) is 2. The van der Waals surface area contributed by atoms with Gasteiger partial charge in [0.05, 0.1) is 0 Å². The lowest BCUT2D eigenvalue weighted by Crippen LogP contribution is -2.12. The Bertz CT molecular complexity index is 684. The molecule has 0 aliphatic rings. The van der Waals surface area contributed by atoms with E-state index in [0.29, 0.717) is 28.4 Å². The first-order chi connectivity index (χ1) is 11.1. The van der Waals surface area contributed by atoms with Gasteiger partial charge < -0.3 is 10.6 Å². The fourth-order valence-electron chi connectivity index (χ4n) is 2.03. The van der Waals surface area contributed by atoms with Crippen molar-refractivity contribution < 1.29 is 9.59 Å². The van der Waals surface area contributed by atoms with Crippen LogP contribution in [0.1, 0.15) is 36.5 Å². The fourth-order valence-corrected chi connectivity index (χ4v) is 2.22. The Kier molecular flexibility index (Phi) is 6.18. The van der Waals surface area contributed by atoms with Crippen LogP contribution in [0.25, 0.3) is 0 Å². The van der Waals surface area contributed by atoms with Crippen molar-refractivity contribution in [1.82, 2.24) is 0 Å². The molecule has 0 fully saturated rings. The molecule has 0 heterocycles. The van der Waals surface area contributed by atoms with Gasteiger partial charge in [0.15, 0.2) is 0 Å². The topological polar surface area (TPSA) is 58.2 Å². The fraction of sp³-hybridized carbons (Fsp3) is 0.222. The molecule has 0 aromatic heterocycles. The minimum Gasteiger partial charge on any atom is -0.326 e. The van der Waals surface area contributed by atoms with E-state index in [1.165, 1.54) is 0 Å². The molecule has 0 spiro atoms. The molecule has 2 aromatic rings. The molecule has 4 nitrogen and oxygen atoms in total. The van der Waals surface area contributed by atoms with E-state index in [1.54, 1.807) is 48.5 Å². The average molecular weight is 331 g/mol. The number of halogens is 1. The van der Waals surface area contributed by atoms with Gasteiger partial charge in [-0.2, -0.15) is 0 Å². The zero-order chi connectivity index (χ0) is 16.7. The Morgan fingerprint density at radius 3 is 2.26 bits per heavy atom. The van der Waals surface area contributed by atoms with E-state index >= 15 is 0 Å². The third-order valence-electron chi connectivity index (χ3n) is 3.27. The molecule has 0 unspecified atom stereocenters. The van der Waals surface area contributed by atoms with Gasteiger partial charge in [0, 0.05) is 28.4 Å². The highest BCUT2D eigenvalue weighted by Crippen LogP contribution is 2.16. The van der Waals surface area contributed by atoms with Crippen LogP contribution in [0.15, 0.2) is 48.5 Å². The molecule has 2 amide bonds. The predicted molar refractivity (Wildman–Crippen MR) is 94.0 cm³/mol. The van der Waals surface area contributed by atoms with E-state index in [2.05, 4.69) is 10.6 Å². The molecule has 0 radical (unpaired) electrons. The lowest BCUT2D eigenvalue weighted by molar-refractivity contribution is -0.116. The Hall–Kier alpha value is -2.33. The van der Waals surface area contributed by atoms with E-state index in [9.17, 15) is 9.59 Å². The van der Waals surface area contributed by atoms with E-state index in [4.69, 9.17) is 11.6 Å². The molecule has 0 saturated heterocycles. The van der Waals surface area contributed by atoms with Crippen LogP contribution < -0.4 is 10.6 Å². The molecule has 0 aliphatic carbocycles. The second kappa shape index (κ2) is 8.34. The maximum Gasteiger partial charge on any atom is 0.255 e. The molecule has 0 bridgehead atoms. The molecule has 2 rings (SSSR count). The van der Waals surface area contributed by atoms with Crippen molar-refractivity contribution in [1.29, 1.82) is 0 Å². The first-order valence-electron chi connectivity index (χ1n) is 7.55. The number of carbonyl (C=O) groups is 2. The van der Waals surface area contributed by atoms with Crippen molar-refractivity contribution in [2.24, 2.45) is 0 Å². The number of rotatable bonds is 6. The number of benzene rings is 2. The summed E-state index contributed by atoms with van der Waals surface area (Å²) >= 11 is 5.88. The van der Waals surface area contributed by atoms with Gasteiger partial charge in [0.1, 0.15) is 0 Å². The van der Waals surface area contributed by atoms with Crippen molar-refractivity contribution in [3.8, 4) is 0 Å². The summed E-state index contributed by atoms with van der Waals surface area (Å²) in [6.45, 7) is 2.05. The smallest absolute Gasteiger partial charge is 0.255 e. The lowest BCUT2D eigenvalue weighted by atomic mass is 10.2. The van der Waals surface area contributed by atoms with Crippen LogP contribution >= 0.6 is 11.6 Å². The maximum atomic E-state index is 12.1. The molecule has 0 atom stereocenters. The first-order valence-corrected chi connectivity index (χ1v) is 7.93. The van der Waals surface area contributed by atoms with Gasteiger partial charge >= 0.3 is 0 Å². The summed E-state index contributed by atoms with van der Waals surface area (Å²) in [5.41, 5.74) is 1.86. The highest BCUT2D eigenvalue weighted by molar-refractivity contribution is 6.31. The molecule has 0 aliphatic heterocycles. The molecule has 23 heavy (non-hydrogen) atoms. The van der Waals surface area contributed by atoms with Crippen LogP contribution in [0, 0.1) is 0 Å². The highest BCUT2D eigenvalue weighted by Gasteiger charge is 2.07. The summed E-state index contributed by atoms with van der Waals surface area (Å²) < 4.78 is 0. The average Bonchev–Trinajstić information content (AvgIpc) is 2.54. The zero-order valence-electron chi connectivity index (χ0n) is 12.9. The predicted octanol–water partition coefficient (Wildman–Crippen LogP) is 4.72. The van der Waals surface area contributed by atoms with Crippen LogP contribution in [0.4, 0.5) is 11.4 Å². The Balaban J connectivity index is 1.94. The van der Waals surface area contributed by atoms with Crippen molar-refractivity contribution in [3.05, 3.63) is 59.1 Å². The maximum absolute atomic E-state index is 12.1. The van der Waals surface area contributed by atoms with Gasteiger partial charge in [-0.3, -0.25) is 9.59 Å². The molecular weight excluding hydrogens is 312 g/mol. The summed E-state index contributed by atoms with van der Waals surface area (Å²) in [4.78, 5) is 23.8. The van der Waals surface area contributed by atoms with Crippen LogP contribution in [0.5, 0.6) is 0 Å². The van der Waals surface area contributed by atoms with Crippen LogP contribution in [-0.4, -0.2) is 11.8 Å². The molecule has 5 heteroatoms. The van der Waals surface area contributed by atoms with Crippen LogP contribution in [-0.2, 0) is 4.79 Å². The normalized spacial score (nSPS) is 10.2. The lowest BCUT2D eigenvalue weighted by Gasteiger charge is -2.08. The molecule has 2 aromatic carbocycles. The van der Waals surface area contributed by atoms with Gasteiger partial charge in [0.2, 0.25) is 5.91 Å². The van der Waals surface area contributed by atoms with Gasteiger partial charge in [-0.05, 0) is 48.9 Å². The second-order valence-corrected chi connectivity index (χ2v) is 5.63. The van der Waals surface area contributed by atoms with Gasteiger partial charge in [-0.15, -0.1) is 0 Å². The van der Waals surface area contributed by atoms with Crippen LogP contribution in [0.2, 0.25) is 5.02 Å². The summed E-state index contributed by atoms with van der Waals surface area (Å²) in [5.74, 6) is -0.227. The molecule has 0 saturated carbocycles. The Morgan fingerprint density at radius 2 is 1.65 bits per heavy atom. The third-order valence-corrected chi connectivity index (χ3v) is 3.51. The number of unbranched alkanes of at least 4 members (excludes halogenated alkanes) is 1. The summed E-state index contributed by atoms with van der Waals surface area (Å²) in [7, 11) is 0. The number of nitrogens with one attached hydrogen (secondary N) is 2. The van der Waals surface area contributed by atoms with Crippen molar-refractivity contribution in [2.45, 2.75) is 26.2 Å². The van der Waals surface area contributed by atoms with E-state index in [-0.39, 0.29) is 11.8 Å². The number of anilines is 2. The largest absolute Gasteiger partial charge is 0.326 e. The summed E-state index contributed by atoms with van der Waals surface area (Å²) in [5, 5.41) is 6.13. The Labute approximate surface area is 140 Å².